The van der Waals surface area contributed by atoms with Crippen LogP contribution in [-0.2, 0) is 16.6 Å². The van der Waals surface area contributed by atoms with Gasteiger partial charge in [-0.1, -0.05) is 0 Å². The van der Waals surface area contributed by atoms with Crippen LogP contribution in [0.5, 0.6) is 5.75 Å². The summed E-state index contributed by atoms with van der Waals surface area (Å²) in [7, 11) is -1.50. The van der Waals surface area contributed by atoms with Gasteiger partial charge in [-0.3, -0.25) is 4.90 Å². The largest absolute Gasteiger partial charge is 0.497 e. The third kappa shape index (κ3) is 3.71. The quantitative estimate of drug-likeness (QED) is 0.732. The summed E-state index contributed by atoms with van der Waals surface area (Å²) in [6.45, 7) is 2.85. The Balaban J connectivity index is 1.68. The fourth-order valence-corrected chi connectivity index (χ4v) is 3.47. The molecule has 1 aliphatic rings. The maximum absolute atomic E-state index is 11.6. The van der Waals surface area contributed by atoms with E-state index in [1.165, 1.54) is 10.6 Å². The minimum absolute atomic E-state index is 0.489. The monoisotopic (exact) mass is 352 g/mol. The predicted molar refractivity (Wildman–Crippen MR) is 87.4 cm³/mol. The number of benzene rings is 1. The molecule has 1 aromatic carbocycles. The van der Waals surface area contributed by atoms with Gasteiger partial charge < -0.3 is 4.74 Å². The van der Waals surface area contributed by atoms with Gasteiger partial charge in [0.05, 0.1) is 25.6 Å². The number of piperazine rings is 1. The number of hydrogen-bond acceptors (Lipinski definition) is 7. The van der Waals surface area contributed by atoms with E-state index in [4.69, 9.17) is 4.74 Å². The van der Waals surface area contributed by atoms with Gasteiger partial charge in [0.15, 0.2) is 5.82 Å². The van der Waals surface area contributed by atoms with Crippen LogP contribution in [0.25, 0.3) is 5.69 Å². The number of nitrogens with zero attached hydrogens (tertiary/aromatic N) is 6. The summed E-state index contributed by atoms with van der Waals surface area (Å²) < 4.78 is 31.5. The lowest BCUT2D eigenvalue weighted by atomic mass is 10.3. The molecule has 0 bridgehead atoms. The Hall–Kier alpha value is -2.04. The molecule has 0 spiro atoms. The standard InChI is InChI=1S/C14H20N6O3S/c1-23-13-5-3-12(4-6-13)20-14(15-16-17-20)11-18-7-9-19(10-8-18)24(2,21)22/h3-6H,7-11H2,1-2H3. The molecule has 2 aromatic rings. The van der Waals surface area contributed by atoms with E-state index in [-0.39, 0.29) is 0 Å². The van der Waals surface area contributed by atoms with Gasteiger partial charge in [-0.25, -0.2) is 8.42 Å². The van der Waals surface area contributed by atoms with Crippen LogP contribution >= 0.6 is 0 Å². The van der Waals surface area contributed by atoms with Gasteiger partial charge in [-0.15, -0.1) is 5.10 Å². The van der Waals surface area contributed by atoms with Gasteiger partial charge >= 0.3 is 0 Å². The van der Waals surface area contributed by atoms with Crippen molar-refractivity contribution in [1.29, 1.82) is 0 Å². The molecular weight excluding hydrogens is 332 g/mol. The molecule has 1 fully saturated rings. The van der Waals surface area contributed by atoms with E-state index in [0.717, 1.165) is 11.4 Å². The first-order valence-corrected chi connectivity index (χ1v) is 9.41. The van der Waals surface area contributed by atoms with E-state index in [1.807, 2.05) is 24.3 Å². The van der Waals surface area contributed by atoms with Crippen molar-refractivity contribution in [2.24, 2.45) is 0 Å². The molecule has 1 saturated heterocycles. The van der Waals surface area contributed by atoms with E-state index in [9.17, 15) is 8.42 Å². The Bertz CT molecular complexity index is 781. The summed E-state index contributed by atoms with van der Waals surface area (Å²) in [6, 6.07) is 7.48. The van der Waals surface area contributed by atoms with Crippen molar-refractivity contribution in [3.8, 4) is 11.4 Å². The average molecular weight is 352 g/mol. The maximum atomic E-state index is 11.6. The molecular formula is C14H20N6O3S. The van der Waals surface area contributed by atoms with E-state index in [0.29, 0.717) is 38.5 Å². The van der Waals surface area contributed by atoms with E-state index in [2.05, 4.69) is 20.4 Å². The molecule has 0 saturated carbocycles. The van der Waals surface area contributed by atoms with Gasteiger partial charge in [-0.2, -0.15) is 8.99 Å². The van der Waals surface area contributed by atoms with Crippen molar-refractivity contribution in [1.82, 2.24) is 29.4 Å². The van der Waals surface area contributed by atoms with Crippen LogP contribution < -0.4 is 4.74 Å². The molecule has 1 aromatic heterocycles. The second-order valence-corrected chi connectivity index (χ2v) is 7.63. The van der Waals surface area contributed by atoms with Crippen molar-refractivity contribution in [3.63, 3.8) is 0 Å². The van der Waals surface area contributed by atoms with E-state index in [1.54, 1.807) is 11.8 Å². The van der Waals surface area contributed by atoms with Crippen LogP contribution in [0.1, 0.15) is 5.82 Å². The zero-order valence-electron chi connectivity index (χ0n) is 13.7. The first-order valence-electron chi connectivity index (χ1n) is 7.56. The SMILES string of the molecule is COc1ccc(-n2nnnc2CN2CCN(S(C)(=O)=O)CC2)cc1. The molecule has 0 amide bonds. The number of hydrogen-bond donors (Lipinski definition) is 0. The molecule has 9 nitrogen and oxygen atoms in total. The number of methoxy groups -OCH3 is 1. The van der Waals surface area contributed by atoms with E-state index < -0.39 is 10.0 Å². The van der Waals surface area contributed by atoms with Crippen LogP contribution in [0.15, 0.2) is 24.3 Å². The van der Waals surface area contributed by atoms with Gasteiger partial charge in [0.2, 0.25) is 10.0 Å². The van der Waals surface area contributed by atoms with Gasteiger partial charge in [0.25, 0.3) is 0 Å². The Morgan fingerprint density at radius 1 is 1.12 bits per heavy atom. The Morgan fingerprint density at radius 2 is 1.79 bits per heavy atom. The molecule has 0 radical (unpaired) electrons. The number of aromatic nitrogens is 4. The minimum Gasteiger partial charge on any atom is -0.497 e. The van der Waals surface area contributed by atoms with Gasteiger partial charge in [0.1, 0.15) is 5.75 Å². The highest BCUT2D eigenvalue weighted by molar-refractivity contribution is 7.88. The van der Waals surface area contributed by atoms with Crippen molar-refractivity contribution < 1.29 is 13.2 Å². The first-order chi connectivity index (χ1) is 11.5. The van der Waals surface area contributed by atoms with Crippen molar-refractivity contribution in [3.05, 3.63) is 30.1 Å². The summed E-state index contributed by atoms with van der Waals surface area (Å²) in [5.41, 5.74) is 0.852. The Kier molecular flexibility index (Phi) is 4.78. The molecule has 130 valence electrons. The predicted octanol–water partition coefficient (Wildman–Crippen LogP) is -0.252. The van der Waals surface area contributed by atoms with Gasteiger partial charge in [0, 0.05) is 26.2 Å². The summed E-state index contributed by atoms with van der Waals surface area (Å²) >= 11 is 0. The lowest BCUT2D eigenvalue weighted by Gasteiger charge is -2.32. The van der Waals surface area contributed by atoms with Crippen LogP contribution in [0, 0.1) is 0 Å². The van der Waals surface area contributed by atoms with Crippen molar-refractivity contribution in [2.75, 3.05) is 39.5 Å². The highest BCUT2D eigenvalue weighted by atomic mass is 32.2. The fraction of sp³-hybridized carbons (Fsp3) is 0.500. The molecule has 10 heteroatoms. The molecule has 24 heavy (non-hydrogen) atoms. The number of ether oxygens (including phenoxy) is 1. The lowest BCUT2D eigenvalue weighted by Crippen LogP contribution is -2.48. The molecule has 1 aliphatic heterocycles. The summed E-state index contributed by atoms with van der Waals surface area (Å²) in [5, 5.41) is 11.9. The Labute approximate surface area is 140 Å². The highest BCUT2D eigenvalue weighted by Crippen LogP contribution is 2.16. The highest BCUT2D eigenvalue weighted by Gasteiger charge is 2.24. The molecule has 0 aliphatic carbocycles. The Morgan fingerprint density at radius 3 is 2.38 bits per heavy atom. The number of tetrazole rings is 1. The molecule has 0 unspecified atom stereocenters. The molecule has 3 rings (SSSR count). The topological polar surface area (TPSA) is 93.4 Å². The average Bonchev–Trinajstić information content (AvgIpc) is 3.03. The van der Waals surface area contributed by atoms with Crippen LogP contribution in [0.2, 0.25) is 0 Å². The molecule has 2 heterocycles. The first kappa shape index (κ1) is 16.8. The molecule has 0 N–H and O–H groups in total. The zero-order valence-corrected chi connectivity index (χ0v) is 14.5. The summed E-state index contributed by atoms with van der Waals surface area (Å²) in [4.78, 5) is 2.15. The minimum atomic E-state index is -3.12. The van der Waals surface area contributed by atoms with E-state index >= 15 is 0 Å². The lowest BCUT2D eigenvalue weighted by molar-refractivity contribution is 0.177. The second-order valence-electron chi connectivity index (χ2n) is 5.64. The summed E-state index contributed by atoms with van der Waals surface area (Å²) in [5.74, 6) is 1.48. The normalized spacial score (nSPS) is 17.1. The molecule has 0 atom stereocenters. The third-order valence-electron chi connectivity index (χ3n) is 4.02. The number of sulfonamides is 1. The van der Waals surface area contributed by atoms with Gasteiger partial charge in [-0.05, 0) is 34.7 Å². The van der Waals surface area contributed by atoms with Crippen molar-refractivity contribution in [2.45, 2.75) is 6.54 Å². The second kappa shape index (κ2) is 6.83. The van der Waals surface area contributed by atoms with Crippen LogP contribution in [0.4, 0.5) is 0 Å². The zero-order chi connectivity index (χ0) is 17.2. The third-order valence-corrected chi connectivity index (χ3v) is 5.32. The smallest absolute Gasteiger partial charge is 0.211 e. The maximum Gasteiger partial charge on any atom is 0.211 e. The summed E-state index contributed by atoms with van der Waals surface area (Å²) in [6.07, 6.45) is 1.24. The van der Waals surface area contributed by atoms with Crippen LogP contribution in [-0.4, -0.2) is 77.4 Å². The fourth-order valence-electron chi connectivity index (χ4n) is 2.65. The number of rotatable bonds is 5. The van der Waals surface area contributed by atoms with Crippen LogP contribution in [0.3, 0.4) is 0 Å². The van der Waals surface area contributed by atoms with Crippen molar-refractivity contribution >= 4 is 10.0 Å².